The Morgan fingerprint density at radius 3 is 2.27 bits per heavy atom. The van der Waals surface area contributed by atoms with Crippen LogP contribution < -0.4 is 4.74 Å². The van der Waals surface area contributed by atoms with Gasteiger partial charge >= 0.3 is 6.11 Å². The molecule has 1 aromatic rings. The van der Waals surface area contributed by atoms with Crippen LogP contribution in [0.1, 0.15) is 56.9 Å². The second-order valence-electron chi connectivity index (χ2n) is 6.04. The molecule has 0 radical (unpaired) electrons. The van der Waals surface area contributed by atoms with Gasteiger partial charge in [-0.3, -0.25) is 0 Å². The highest BCUT2D eigenvalue weighted by Gasteiger charge is 2.42. The van der Waals surface area contributed by atoms with E-state index in [1.54, 1.807) is 12.1 Å². The molecule has 5 heteroatoms. The van der Waals surface area contributed by atoms with Crippen LogP contribution in [0.5, 0.6) is 5.75 Å². The molecular weight excluding hydrogens is 313 g/mol. The third-order valence-corrected chi connectivity index (χ3v) is 4.66. The topological polar surface area (TPSA) is 9.23 Å². The Morgan fingerprint density at radius 1 is 1.18 bits per heavy atom. The fourth-order valence-electron chi connectivity index (χ4n) is 3.20. The quantitative estimate of drug-likeness (QED) is 0.557. The van der Waals surface area contributed by atoms with E-state index in [4.69, 9.17) is 11.6 Å². The Morgan fingerprint density at radius 2 is 1.77 bits per heavy atom. The zero-order valence-corrected chi connectivity index (χ0v) is 13.5. The largest absolute Gasteiger partial charge is 0.444 e. The van der Waals surface area contributed by atoms with Gasteiger partial charge in [-0.05, 0) is 55.2 Å². The van der Waals surface area contributed by atoms with Gasteiger partial charge in [-0.15, -0.1) is 0 Å². The van der Waals surface area contributed by atoms with Crippen molar-refractivity contribution in [3.8, 4) is 5.75 Å². The summed E-state index contributed by atoms with van der Waals surface area (Å²) in [7, 11) is 0. The average molecular weight is 335 g/mol. The molecule has 1 atom stereocenters. The van der Waals surface area contributed by atoms with Gasteiger partial charge in [0.2, 0.25) is 0 Å². The van der Waals surface area contributed by atoms with E-state index in [1.807, 2.05) is 0 Å². The minimum atomic E-state index is -4.01. The summed E-state index contributed by atoms with van der Waals surface area (Å²) in [5.74, 6) is 1.23. The highest BCUT2D eigenvalue weighted by atomic mass is 35.5. The van der Waals surface area contributed by atoms with Gasteiger partial charge in [-0.1, -0.05) is 43.5 Å². The molecule has 1 aromatic carbocycles. The standard InChI is InChI=1S/C17H22ClF3O/c1-2-3-12-4-6-13(7-5-12)14-8-10-15(11-9-14)22-17(20,21)16(18)19/h8-13,16H,2-7H2,1H3/t12-,13-,16?. The van der Waals surface area contributed by atoms with Crippen LogP contribution in [0.2, 0.25) is 0 Å². The first-order valence-electron chi connectivity index (χ1n) is 7.87. The molecule has 1 unspecified atom stereocenters. The van der Waals surface area contributed by atoms with Crippen LogP contribution in [0.4, 0.5) is 13.2 Å². The van der Waals surface area contributed by atoms with E-state index in [1.165, 1.54) is 37.8 Å². The van der Waals surface area contributed by atoms with Crippen molar-refractivity contribution in [2.45, 2.75) is 63.1 Å². The summed E-state index contributed by atoms with van der Waals surface area (Å²) in [5, 5.41) is 0. The normalized spacial score (nSPS) is 24.0. The Balaban J connectivity index is 1.93. The van der Waals surface area contributed by atoms with Gasteiger partial charge in [-0.25, -0.2) is 4.39 Å². The van der Waals surface area contributed by atoms with E-state index in [2.05, 4.69) is 11.7 Å². The second kappa shape index (κ2) is 7.58. The summed E-state index contributed by atoms with van der Waals surface area (Å²) in [6, 6.07) is 6.50. The fourth-order valence-corrected chi connectivity index (χ4v) is 3.25. The third kappa shape index (κ3) is 4.55. The van der Waals surface area contributed by atoms with Gasteiger partial charge < -0.3 is 4.74 Å². The van der Waals surface area contributed by atoms with Crippen LogP contribution in [0, 0.1) is 5.92 Å². The first-order valence-corrected chi connectivity index (χ1v) is 8.31. The molecule has 1 aliphatic rings. The molecule has 1 saturated carbocycles. The lowest BCUT2D eigenvalue weighted by molar-refractivity contribution is -0.199. The predicted octanol–water partition coefficient (Wildman–Crippen LogP) is 6.27. The smallest absolute Gasteiger partial charge is 0.429 e. The van der Waals surface area contributed by atoms with E-state index in [-0.39, 0.29) is 5.75 Å². The first kappa shape index (κ1) is 17.5. The second-order valence-corrected chi connectivity index (χ2v) is 6.42. The summed E-state index contributed by atoms with van der Waals surface area (Å²) < 4.78 is 43.0. The number of alkyl halides is 4. The zero-order chi connectivity index (χ0) is 16.2. The maximum absolute atomic E-state index is 13.1. The molecule has 0 aromatic heterocycles. The maximum Gasteiger partial charge on any atom is 0.444 e. The lowest BCUT2D eigenvalue weighted by Gasteiger charge is -2.28. The monoisotopic (exact) mass is 334 g/mol. The van der Waals surface area contributed by atoms with Crippen molar-refractivity contribution in [3.05, 3.63) is 29.8 Å². The summed E-state index contributed by atoms with van der Waals surface area (Å²) >= 11 is 4.77. The molecule has 0 saturated heterocycles. The van der Waals surface area contributed by atoms with Crippen LogP contribution >= 0.6 is 11.6 Å². The molecule has 0 heterocycles. The molecule has 1 aliphatic carbocycles. The van der Waals surface area contributed by atoms with Gasteiger partial charge in [0.15, 0.2) is 0 Å². The molecule has 0 spiro atoms. The number of benzene rings is 1. The highest BCUT2D eigenvalue weighted by molar-refractivity contribution is 6.20. The van der Waals surface area contributed by atoms with Crippen LogP contribution in [0.3, 0.4) is 0 Å². The Kier molecular flexibility index (Phi) is 6.01. The SMILES string of the molecule is CCC[C@H]1CC[C@H](c2ccc(OC(F)(F)C(F)Cl)cc2)CC1. The number of hydrogen-bond donors (Lipinski definition) is 0. The first-order chi connectivity index (χ1) is 10.4. The maximum atomic E-state index is 13.1. The minimum absolute atomic E-state index is 0.0725. The highest BCUT2D eigenvalue weighted by Crippen LogP contribution is 2.38. The van der Waals surface area contributed by atoms with Crippen molar-refractivity contribution in [3.63, 3.8) is 0 Å². The summed E-state index contributed by atoms with van der Waals surface area (Å²) in [6.45, 7) is 2.21. The average Bonchev–Trinajstić information content (AvgIpc) is 2.49. The summed E-state index contributed by atoms with van der Waals surface area (Å²) in [6.07, 6.45) is 3.23. The van der Waals surface area contributed by atoms with E-state index >= 15 is 0 Å². The number of hydrogen-bond acceptors (Lipinski definition) is 1. The van der Waals surface area contributed by atoms with Gasteiger partial charge in [0, 0.05) is 0 Å². The van der Waals surface area contributed by atoms with E-state index in [0.717, 1.165) is 24.3 Å². The van der Waals surface area contributed by atoms with Crippen molar-refractivity contribution < 1.29 is 17.9 Å². The zero-order valence-electron chi connectivity index (χ0n) is 12.7. The number of halogens is 4. The van der Waals surface area contributed by atoms with Crippen molar-refractivity contribution >= 4 is 11.6 Å². The molecule has 0 N–H and O–H groups in total. The van der Waals surface area contributed by atoms with Gasteiger partial charge in [-0.2, -0.15) is 8.78 Å². The van der Waals surface area contributed by atoms with E-state index in [0.29, 0.717) is 5.92 Å². The van der Waals surface area contributed by atoms with Crippen molar-refractivity contribution in [2.75, 3.05) is 0 Å². The van der Waals surface area contributed by atoms with Gasteiger partial charge in [0.25, 0.3) is 5.63 Å². The van der Waals surface area contributed by atoms with Crippen molar-refractivity contribution in [1.82, 2.24) is 0 Å². The number of ether oxygens (including phenoxy) is 1. The lowest BCUT2D eigenvalue weighted by atomic mass is 9.77. The van der Waals surface area contributed by atoms with Crippen LogP contribution in [0.25, 0.3) is 0 Å². The summed E-state index contributed by atoms with van der Waals surface area (Å²) in [4.78, 5) is 0. The third-order valence-electron chi connectivity index (χ3n) is 4.40. The Hall–Kier alpha value is -0.900. The molecule has 0 aliphatic heterocycles. The minimum Gasteiger partial charge on any atom is -0.429 e. The molecule has 0 bridgehead atoms. The molecular formula is C17H22ClF3O. The lowest BCUT2D eigenvalue weighted by Crippen LogP contribution is -2.32. The Bertz CT molecular complexity index is 453. The van der Waals surface area contributed by atoms with Crippen LogP contribution in [-0.4, -0.2) is 11.7 Å². The van der Waals surface area contributed by atoms with E-state index < -0.39 is 11.7 Å². The molecule has 124 valence electrons. The van der Waals surface area contributed by atoms with Crippen molar-refractivity contribution in [1.29, 1.82) is 0 Å². The molecule has 1 fully saturated rings. The Labute approximate surface area is 134 Å². The van der Waals surface area contributed by atoms with Gasteiger partial charge in [0.1, 0.15) is 5.75 Å². The predicted molar refractivity (Wildman–Crippen MR) is 82.4 cm³/mol. The molecule has 0 amide bonds. The summed E-state index contributed by atoms with van der Waals surface area (Å²) in [5.41, 5.74) is -1.73. The number of rotatable bonds is 6. The molecule has 22 heavy (non-hydrogen) atoms. The van der Waals surface area contributed by atoms with Crippen LogP contribution in [-0.2, 0) is 0 Å². The van der Waals surface area contributed by atoms with E-state index in [9.17, 15) is 13.2 Å². The molecule has 2 rings (SSSR count). The van der Waals surface area contributed by atoms with Gasteiger partial charge in [0.05, 0.1) is 0 Å². The molecule has 1 nitrogen and oxygen atoms in total. The fraction of sp³-hybridized carbons (Fsp3) is 0.647. The van der Waals surface area contributed by atoms with Crippen molar-refractivity contribution in [2.24, 2.45) is 5.92 Å². The van der Waals surface area contributed by atoms with Crippen LogP contribution in [0.15, 0.2) is 24.3 Å².